The molecule has 0 spiro atoms. The number of carbonyl (C=O) groups is 1. The molecule has 1 amide bonds. The molecule has 2 aliphatic rings. The molecule has 0 unspecified atom stereocenters. The van der Waals surface area contributed by atoms with Gasteiger partial charge in [0.25, 0.3) is 0 Å². The van der Waals surface area contributed by atoms with Crippen molar-refractivity contribution in [3.8, 4) is 11.6 Å². The second-order valence-corrected chi connectivity index (χ2v) is 7.48. The predicted octanol–water partition coefficient (Wildman–Crippen LogP) is 2.01. The quantitative estimate of drug-likeness (QED) is 0.763. The SMILES string of the molecule is Cc1ncccc1Oc1nccnc1C1CCN(CC(=O)N2CCOCC2)CC1. The van der Waals surface area contributed by atoms with Gasteiger partial charge in [-0.25, -0.2) is 4.98 Å². The lowest BCUT2D eigenvalue weighted by atomic mass is 9.93. The van der Waals surface area contributed by atoms with Crippen molar-refractivity contribution >= 4 is 5.91 Å². The van der Waals surface area contributed by atoms with Crippen molar-refractivity contribution in [2.24, 2.45) is 0 Å². The van der Waals surface area contributed by atoms with Gasteiger partial charge in [-0.2, -0.15) is 0 Å². The Balaban J connectivity index is 1.36. The number of amides is 1. The topological polar surface area (TPSA) is 80.7 Å². The zero-order valence-corrected chi connectivity index (χ0v) is 16.8. The van der Waals surface area contributed by atoms with Crippen LogP contribution in [0.5, 0.6) is 11.6 Å². The molecule has 2 aromatic heterocycles. The van der Waals surface area contributed by atoms with E-state index in [1.54, 1.807) is 18.6 Å². The molecular weight excluding hydrogens is 370 g/mol. The first-order chi connectivity index (χ1) is 14.2. The fourth-order valence-corrected chi connectivity index (χ4v) is 3.84. The van der Waals surface area contributed by atoms with Crippen LogP contribution in [-0.2, 0) is 9.53 Å². The molecular formula is C21H27N5O3. The first-order valence-corrected chi connectivity index (χ1v) is 10.2. The van der Waals surface area contributed by atoms with Crippen LogP contribution >= 0.6 is 0 Å². The minimum absolute atomic E-state index is 0.197. The lowest BCUT2D eigenvalue weighted by Gasteiger charge is -2.34. The van der Waals surface area contributed by atoms with Gasteiger partial charge in [-0.15, -0.1) is 0 Å². The van der Waals surface area contributed by atoms with Gasteiger partial charge in [-0.3, -0.25) is 19.7 Å². The van der Waals surface area contributed by atoms with Gasteiger partial charge in [0, 0.05) is 37.6 Å². The smallest absolute Gasteiger partial charge is 0.241 e. The van der Waals surface area contributed by atoms with Crippen LogP contribution < -0.4 is 4.74 Å². The Bertz CT molecular complexity index is 833. The fourth-order valence-electron chi connectivity index (χ4n) is 3.84. The van der Waals surface area contributed by atoms with Gasteiger partial charge in [0.15, 0.2) is 5.75 Å². The Labute approximate surface area is 170 Å². The average molecular weight is 397 g/mol. The molecule has 4 rings (SSSR count). The summed E-state index contributed by atoms with van der Waals surface area (Å²) in [5.41, 5.74) is 1.70. The Kier molecular flexibility index (Phi) is 6.31. The van der Waals surface area contributed by atoms with Gasteiger partial charge in [0.1, 0.15) is 5.69 Å². The van der Waals surface area contributed by atoms with Crippen LogP contribution in [0.4, 0.5) is 0 Å². The molecule has 0 saturated carbocycles. The normalized spacial score (nSPS) is 18.6. The summed E-state index contributed by atoms with van der Waals surface area (Å²) in [6.45, 7) is 6.79. The summed E-state index contributed by atoms with van der Waals surface area (Å²) in [5.74, 6) is 1.71. The summed E-state index contributed by atoms with van der Waals surface area (Å²) in [6, 6.07) is 3.74. The fraction of sp³-hybridized carbons (Fsp3) is 0.524. The van der Waals surface area contributed by atoms with Gasteiger partial charge in [0.2, 0.25) is 11.8 Å². The minimum Gasteiger partial charge on any atom is -0.435 e. The number of hydrogen-bond donors (Lipinski definition) is 0. The van der Waals surface area contributed by atoms with E-state index in [1.807, 2.05) is 24.0 Å². The number of hydrogen-bond acceptors (Lipinski definition) is 7. The van der Waals surface area contributed by atoms with Crippen molar-refractivity contribution in [2.75, 3.05) is 45.9 Å². The monoisotopic (exact) mass is 397 g/mol. The first kappa shape index (κ1) is 19.7. The molecule has 29 heavy (non-hydrogen) atoms. The Morgan fingerprint density at radius 3 is 2.62 bits per heavy atom. The lowest BCUT2D eigenvalue weighted by molar-refractivity contribution is -0.136. The third-order valence-corrected chi connectivity index (χ3v) is 5.55. The van der Waals surface area contributed by atoms with E-state index in [4.69, 9.17) is 9.47 Å². The molecule has 2 aromatic rings. The van der Waals surface area contributed by atoms with Crippen LogP contribution in [0.1, 0.15) is 30.1 Å². The number of aryl methyl sites for hydroxylation is 1. The van der Waals surface area contributed by atoms with Crippen LogP contribution in [0.2, 0.25) is 0 Å². The van der Waals surface area contributed by atoms with Crippen LogP contribution in [0.25, 0.3) is 0 Å². The molecule has 2 fully saturated rings. The molecule has 8 nitrogen and oxygen atoms in total. The highest BCUT2D eigenvalue weighted by Crippen LogP contribution is 2.33. The van der Waals surface area contributed by atoms with E-state index in [1.165, 1.54) is 0 Å². The average Bonchev–Trinajstić information content (AvgIpc) is 2.77. The second-order valence-electron chi connectivity index (χ2n) is 7.48. The largest absolute Gasteiger partial charge is 0.435 e. The number of aromatic nitrogens is 3. The van der Waals surface area contributed by atoms with E-state index >= 15 is 0 Å². The summed E-state index contributed by atoms with van der Waals surface area (Å²) in [6.07, 6.45) is 6.97. The molecule has 8 heteroatoms. The van der Waals surface area contributed by atoms with Crippen molar-refractivity contribution in [2.45, 2.75) is 25.7 Å². The van der Waals surface area contributed by atoms with Crippen molar-refractivity contribution in [1.29, 1.82) is 0 Å². The third kappa shape index (κ3) is 4.89. The predicted molar refractivity (Wildman–Crippen MR) is 107 cm³/mol. The molecule has 2 aliphatic heterocycles. The second kappa shape index (κ2) is 9.28. The molecule has 4 heterocycles. The van der Waals surface area contributed by atoms with Crippen molar-refractivity contribution in [3.63, 3.8) is 0 Å². The van der Waals surface area contributed by atoms with E-state index in [9.17, 15) is 4.79 Å². The number of ether oxygens (including phenoxy) is 2. The molecule has 154 valence electrons. The Morgan fingerprint density at radius 1 is 1.10 bits per heavy atom. The maximum Gasteiger partial charge on any atom is 0.241 e. The van der Waals surface area contributed by atoms with Crippen LogP contribution in [0.3, 0.4) is 0 Å². The van der Waals surface area contributed by atoms with Crippen molar-refractivity contribution < 1.29 is 14.3 Å². The zero-order valence-electron chi connectivity index (χ0n) is 16.8. The molecule has 0 aliphatic carbocycles. The number of nitrogens with zero attached hydrogens (tertiary/aromatic N) is 5. The maximum atomic E-state index is 12.5. The number of rotatable bonds is 5. The van der Waals surface area contributed by atoms with E-state index < -0.39 is 0 Å². The standard InChI is InChI=1S/C21H27N5O3/c1-16-18(3-2-6-22-16)29-21-20(23-7-8-24-21)17-4-9-25(10-5-17)15-19(27)26-11-13-28-14-12-26/h2-3,6-8,17H,4-5,9-15H2,1H3. The summed E-state index contributed by atoms with van der Waals surface area (Å²) >= 11 is 0. The van der Waals surface area contributed by atoms with Crippen LogP contribution in [-0.4, -0.2) is 76.6 Å². The van der Waals surface area contributed by atoms with Gasteiger partial charge >= 0.3 is 0 Å². The molecule has 0 bridgehead atoms. The number of morpholine rings is 1. The van der Waals surface area contributed by atoms with Crippen molar-refractivity contribution in [1.82, 2.24) is 24.8 Å². The van der Waals surface area contributed by atoms with Gasteiger partial charge < -0.3 is 14.4 Å². The van der Waals surface area contributed by atoms with E-state index in [0.29, 0.717) is 44.5 Å². The third-order valence-electron chi connectivity index (χ3n) is 5.55. The Morgan fingerprint density at radius 2 is 1.86 bits per heavy atom. The summed E-state index contributed by atoms with van der Waals surface area (Å²) in [4.78, 5) is 29.9. The zero-order chi connectivity index (χ0) is 20.1. The minimum atomic E-state index is 0.197. The number of pyridine rings is 1. The Hall–Kier alpha value is -2.58. The van der Waals surface area contributed by atoms with E-state index in [2.05, 4.69) is 19.9 Å². The summed E-state index contributed by atoms with van der Waals surface area (Å²) in [7, 11) is 0. The molecule has 0 atom stereocenters. The van der Waals surface area contributed by atoms with Crippen molar-refractivity contribution in [3.05, 3.63) is 42.1 Å². The van der Waals surface area contributed by atoms with E-state index in [0.717, 1.165) is 37.3 Å². The lowest BCUT2D eigenvalue weighted by Crippen LogP contribution is -2.47. The highest BCUT2D eigenvalue weighted by atomic mass is 16.5. The number of carbonyl (C=O) groups excluding carboxylic acids is 1. The molecule has 0 N–H and O–H groups in total. The molecule has 0 radical (unpaired) electrons. The number of likely N-dealkylation sites (tertiary alicyclic amines) is 1. The molecule has 0 aromatic carbocycles. The first-order valence-electron chi connectivity index (χ1n) is 10.2. The maximum absolute atomic E-state index is 12.5. The van der Waals surface area contributed by atoms with Gasteiger partial charge in [-0.05, 0) is 45.0 Å². The highest BCUT2D eigenvalue weighted by Gasteiger charge is 2.27. The van der Waals surface area contributed by atoms with Gasteiger partial charge in [0.05, 0.1) is 25.5 Å². The van der Waals surface area contributed by atoms with Crippen LogP contribution in [0.15, 0.2) is 30.7 Å². The summed E-state index contributed by atoms with van der Waals surface area (Å²) < 4.78 is 11.4. The summed E-state index contributed by atoms with van der Waals surface area (Å²) in [5, 5.41) is 0. The molecule has 2 saturated heterocycles. The highest BCUT2D eigenvalue weighted by molar-refractivity contribution is 5.78. The number of piperidine rings is 1. The van der Waals surface area contributed by atoms with E-state index in [-0.39, 0.29) is 11.8 Å². The van der Waals surface area contributed by atoms with Crippen LogP contribution in [0, 0.1) is 6.92 Å². The van der Waals surface area contributed by atoms with Gasteiger partial charge in [-0.1, -0.05) is 0 Å².